The lowest BCUT2D eigenvalue weighted by atomic mass is 9.94. The van der Waals surface area contributed by atoms with Crippen LogP contribution >= 0.6 is 12.4 Å². The Labute approximate surface area is 130 Å². The zero-order valence-corrected chi connectivity index (χ0v) is 13.2. The Hall–Kier alpha value is -0.780. The van der Waals surface area contributed by atoms with E-state index >= 15 is 0 Å². The molecular formula is C15H22ClF3N2. The third kappa shape index (κ3) is 4.34. The van der Waals surface area contributed by atoms with Gasteiger partial charge in [-0.15, -0.1) is 12.4 Å². The molecule has 0 aromatic heterocycles. The van der Waals surface area contributed by atoms with Crippen LogP contribution in [0.3, 0.4) is 0 Å². The van der Waals surface area contributed by atoms with Crippen LogP contribution in [0.2, 0.25) is 0 Å². The van der Waals surface area contributed by atoms with Crippen molar-refractivity contribution in [1.82, 2.24) is 10.2 Å². The third-order valence-electron chi connectivity index (χ3n) is 3.71. The van der Waals surface area contributed by atoms with E-state index in [9.17, 15) is 13.2 Å². The van der Waals surface area contributed by atoms with E-state index in [4.69, 9.17) is 0 Å². The summed E-state index contributed by atoms with van der Waals surface area (Å²) in [6.07, 6.45) is 0.724. The Morgan fingerprint density at radius 3 is 2.29 bits per heavy atom. The number of hydrogen-bond acceptors (Lipinski definition) is 2. The van der Waals surface area contributed by atoms with Crippen LogP contribution < -0.4 is 5.32 Å². The molecule has 2 nitrogen and oxygen atoms in total. The van der Waals surface area contributed by atoms with E-state index in [-0.39, 0.29) is 24.0 Å². The van der Waals surface area contributed by atoms with Gasteiger partial charge in [0.2, 0.25) is 0 Å². The lowest BCUT2D eigenvalue weighted by Gasteiger charge is -2.36. The third-order valence-corrected chi connectivity index (χ3v) is 3.71. The Bertz CT molecular complexity index is 462. The van der Waals surface area contributed by atoms with Gasteiger partial charge in [-0.2, -0.15) is 0 Å². The maximum absolute atomic E-state index is 14.1. The number of halogens is 4. The zero-order valence-electron chi connectivity index (χ0n) is 12.3. The molecule has 120 valence electrons. The highest BCUT2D eigenvalue weighted by atomic mass is 35.5. The number of nitrogens with one attached hydrogen (secondary N) is 1. The predicted molar refractivity (Wildman–Crippen MR) is 80.2 cm³/mol. The predicted octanol–water partition coefficient (Wildman–Crippen LogP) is 3.52. The summed E-state index contributed by atoms with van der Waals surface area (Å²) >= 11 is 0. The van der Waals surface area contributed by atoms with Crippen LogP contribution in [0.1, 0.15) is 31.9 Å². The van der Waals surface area contributed by atoms with E-state index in [1.807, 2.05) is 13.8 Å². The van der Waals surface area contributed by atoms with Gasteiger partial charge in [0.05, 0.1) is 0 Å². The maximum Gasteiger partial charge on any atom is 0.194 e. The summed E-state index contributed by atoms with van der Waals surface area (Å²) in [4.78, 5) is 2.15. The Balaban J connectivity index is 0.00000220. The van der Waals surface area contributed by atoms with Crippen LogP contribution in [0.15, 0.2) is 12.1 Å². The molecule has 0 saturated carbocycles. The highest BCUT2D eigenvalue weighted by Crippen LogP contribution is 2.31. The molecule has 1 aromatic rings. The van der Waals surface area contributed by atoms with Crippen molar-refractivity contribution in [2.75, 3.05) is 26.2 Å². The molecule has 0 amide bonds. The summed E-state index contributed by atoms with van der Waals surface area (Å²) in [6.45, 7) is 7.34. The molecule has 1 aliphatic rings. The van der Waals surface area contributed by atoms with Crippen molar-refractivity contribution in [3.8, 4) is 0 Å². The van der Waals surface area contributed by atoms with Gasteiger partial charge in [-0.3, -0.25) is 4.90 Å². The van der Waals surface area contributed by atoms with Crippen LogP contribution in [-0.4, -0.2) is 31.1 Å². The summed E-state index contributed by atoms with van der Waals surface area (Å²) in [5.41, 5.74) is 0.263. The average Bonchev–Trinajstić information content (AvgIpc) is 2.44. The minimum atomic E-state index is -1.37. The summed E-state index contributed by atoms with van der Waals surface area (Å²) < 4.78 is 40.6. The number of benzene rings is 1. The molecule has 1 fully saturated rings. The van der Waals surface area contributed by atoms with Crippen molar-refractivity contribution in [2.45, 2.75) is 26.3 Å². The van der Waals surface area contributed by atoms with Gasteiger partial charge in [0.15, 0.2) is 17.5 Å². The van der Waals surface area contributed by atoms with Crippen molar-refractivity contribution in [1.29, 1.82) is 0 Å². The van der Waals surface area contributed by atoms with Crippen molar-refractivity contribution in [2.24, 2.45) is 5.92 Å². The van der Waals surface area contributed by atoms with Gasteiger partial charge in [-0.25, -0.2) is 13.2 Å². The molecule has 0 spiro atoms. The van der Waals surface area contributed by atoms with Crippen molar-refractivity contribution < 1.29 is 13.2 Å². The molecule has 1 heterocycles. The Kier molecular flexibility index (Phi) is 6.97. The molecule has 21 heavy (non-hydrogen) atoms. The normalized spacial score (nSPS) is 17.6. The van der Waals surface area contributed by atoms with Gasteiger partial charge in [0.1, 0.15) is 0 Å². The zero-order chi connectivity index (χ0) is 14.7. The topological polar surface area (TPSA) is 15.3 Å². The van der Waals surface area contributed by atoms with E-state index in [1.165, 1.54) is 6.07 Å². The fourth-order valence-electron chi connectivity index (χ4n) is 2.71. The fraction of sp³-hybridized carbons (Fsp3) is 0.600. The summed E-state index contributed by atoms with van der Waals surface area (Å²) in [5.74, 6) is -3.20. The van der Waals surface area contributed by atoms with E-state index in [0.717, 1.165) is 38.7 Å². The molecule has 0 aliphatic carbocycles. The quantitative estimate of drug-likeness (QED) is 0.853. The van der Waals surface area contributed by atoms with Crippen LogP contribution in [0.5, 0.6) is 0 Å². The van der Waals surface area contributed by atoms with Crippen LogP contribution in [0.25, 0.3) is 0 Å². The lowest BCUT2D eigenvalue weighted by Crippen LogP contribution is -2.45. The molecule has 0 bridgehead atoms. The summed E-state index contributed by atoms with van der Waals surface area (Å²) in [6, 6.07) is 2.19. The SMILES string of the molecule is CC(C)C[C@@H](c1ccc(F)c(F)c1F)N1CCNCC1.Cl. The van der Waals surface area contributed by atoms with Crippen LogP contribution in [0.4, 0.5) is 13.2 Å². The largest absolute Gasteiger partial charge is 0.314 e. The first-order valence-electron chi connectivity index (χ1n) is 7.09. The molecule has 6 heteroatoms. The lowest BCUT2D eigenvalue weighted by molar-refractivity contribution is 0.150. The van der Waals surface area contributed by atoms with E-state index in [1.54, 1.807) is 0 Å². The number of nitrogens with zero attached hydrogens (tertiary/aromatic N) is 1. The smallest absolute Gasteiger partial charge is 0.194 e. The molecule has 2 rings (SSSR count). The van der Waals surface area contributed by atoms with Gasteiger partial charge >= 0.3 is 0 Å². The van der Waals surface area contributed by atoms with E-state index in [0.29, 0.717) is 5.92 Å². The molecule has 0 radical (unpaired) electrons. The number of piperazine rings is 1. The highest BCUT2D eigenvalue weighted by Gasteiger charge is 2.27. The Morgan fingerprint density at radius 1 is 1.10 bits per heavy atom. The molecule has 1 saturated heterocycles. The second kappa shape index (κ2) is 8.01. The molecule has 1 N–H and O–H groups in total. The first-order valence-corrected chi connectivity index (χ1v) is 7.09. The Morgan fingerprint density at radius 2 is 1.71 bits per heavy atom. The van der Waals surface area contributed by atoms with E-state index in [2.05, 4.69) is 10.2 Å². The molecule has 1 aliphatic heterocycles. The van der Waals surface area contributed by atoms with Crippen molar-refractivity contribution in [3.05, 3.63) is 35.1 Å². The summed E-state index contributed by atoms with van der Waals surface area (Å²) in [7, 11) is 0. The second-order valence-corrected chi connectivity index (χ2v) is 5.70. The van der Waals surface area contributed by atoms with Crippen LogP contribution in [-0.2, 0) is 0 Å². The molecule has 0 unspecified atom stereocenters. The van der Waals surface area contributed by atoms with Gasteiger partial charge < -0.3 is 5.32 Å². The van der Waals surface area contributed by atoms with Crippen molar-refractivity contribution in [3.63, 3.8) is 0 Å². The standard InChI is InChI=1S/C15H21F3N2.ClH/c1-10(2)9-13(20-7-5-19-6-8-20)11-3-4-12(16)15(18)14(11)17;/h3-4,10,13,19H,5-9H2,1-2H3;1H/t13-;/m0./s1. The molecule has 1 atom stereocenters. The minimum absolute atomic E-state index is 0. The van der Waals surface area contributed by atoms with Crippen molar-refractivity contribution >= 4 is 12.4 Å². The van der Waals surface area contributed by atoms with E-state index < -0.39 is 17.5 Å². The first kappa shape index (κ1) is 18.3. The number of rotatable bonds is 4. The van der Waals surface area contributed by atoms with Gasteiger partial charge in [-0.1, -0.05) is 19.9 Å². The maximum atomic E-state index is 14.1. The number of hydrogen-bond donors (Lipinski definition) is 1. The minimum Gasteiger partial charge on any atom is -0.314 e. The van der Waals surface area contributed by atoms with Gasteiger partial charge in [0.25, 0.3) is 0 Å². The average molecular weight is 323 g/mol. The summed E-state index contributed by atoms with van der Waals surface area (Å²) in [5, 5.41) is 3.24. The second-order valence-electron chi connectivity index (χ2n) is 5.70. The molecule has 1 aromatic carbocycles. The van der Waals surface area contributed by atoms with Crippen LogP contribution in [0, 0.1) is 23.4 Å². The van der Waals surface area contributed by atoms with Gasteiger partial charge in [-0.05, 0) is 18.4 Å². The molecular weight excluding hydrogens is 301 g/mol. The van der Waals surface area contributed by atoms with Gasteiger partial charge in [0, 0.05) is 37.8 Å². The first-order chi connectivity index (χ1) is 9.50. The highest BCUT2D eigenvalue weighted by molar-refractivity contribution is 5.85. The monoisotopic (exact) mass is 322 g/mol. The fourth-order valence-corrected chi connectivity index (χ4v) is 2.71.